The molecule has 240 valence electrons. The van der Waals surface area contributed by atoms with Crippen LogP contribution in [0.1, 0.15) is 0 Å². The molecule has 8 aromatic carbocycles. The number of hydrogen-bond acceptors (Lipinski definition) is 0. The van der Waals surface area contributed by atoms with E-state index in [4.69, 9.17) is 0 Å². The minimum absolute atomic E-state index is 1.08. The van der Waals surface area contributed by atoms with E-state index in [-0.39, 0.29) is 0 Å². The van der Waals surface area contributed by atoms with Crippen molar-refractivity contribution in [2.75, 3.05) is 0 Å². The van der Waals surface area contributed by atoms with Crippen LogP contribution in [0, 0.1) is 0 Å². The summed E-state index contributed by atoms with van der Waals surface area (Å²) in [6.07, 6.45) is 0. The van der Waals surface area contributed by atoms with E-state index in [1.165, 1.54) is 77.0 Å². The Kier molecular flexibility index (Phi) is 7.00. The normalized spacial score (nSPS) is 11.6. The van der Waals surface area contributed by atoms with Crippen molar-refractivity contribution in [1.82, 2.24) is 9.13 Å². The number of benzene rings is 8. The number of fused-ring (bicyclic) bond motifs is 6. The maximum absolute atomic E-state index is 3.80. The molecule has 0 fully saturated rings. The molecule has 0 unspecified atom stereocenters. The Morgan fingerprint density at radius 3 is 1.27 bits per heavy atom. The second kappa shape index (κ2) is 12.0. The molecule has 10 rings (SSSR count). The van der Waals surface area contributed by atoms with Gasteiger partial charge in [-0.15, -0.1) is 0 Å². The summed E-state index contributed by atoms with van der Waals surface area (Å²) in [6.45, 7) is 0. The third-order valence-corrected chi connectivity index (χ3v) is 10.9. The van der Waals surface area contributed by atoms with Gasteiger partial charge in [-0.05, 0) is 94.0 Å². The Morgan fingerprint density at radius 1 is 0.294 bits per heavy atom. The standard InChI is InChI=1S/C48H31BrN2/c49-44-22-6-1-17-38(44)32-13-11-14-33(29-32)43-31-36(51-47-25-9-4-20-41(47)42-21-5-10-26-48(42)51)27-28-37(43)34-15-12-16-35(30-34)50-45-23-7-2-18-39(45)40-19-3-8-24-46(40)50/h1-31H. The van der Waals surface area contributed by atoms with Crippen LogP contribution < -0.4 is 0 Å². The molecule has 0 amide bonds. The Balaban J connectivity index is 1.22. The van der Waals surface area contributed by atoms with Crippen molar-refractivity contribution in [3.05, 3.63) is 193 Å². The lowest BCUT2D eigenvalue weighted by Gasteiger charge is -2.17. The minimum atomic E-state index is 1.08. The Bertz CT molecular complexity index is 2840. The zero-order chi connectivity index (χ0) is 33.9. The first kappa shape index (κ1) is 29.7. The van der Waals surface area contributed by atoms with Gasteiger partial charge in [0.2, 0.25) is 0 Å². The van der Waals surface area contributed by atoms with Gasteiger partial charge in [-0.1, -0.05) is 143 Å². The molecule has 0 aliphatic carbocycles. The zero-order valence-corrected chi connectivity index (χ0v) is 29.3. The van der Waals surface area contributed by atoms with Crippen LogP contribution in [0.3, 0.4) is 0 Å². The predicted molar refractivity (Wildman–Crippen MR) is 219 cm³/mol. The van der Waals surface area contributed by atoms with Crippen LogP contribution in [0.4, 0.5) is 0 Å². The first-order chi connectivity index (χ1) is 25.2. The molecule has 0 radical (unpaired) electrons. The molecule has 0 bridgehead atoms. The summed E-state index contributed by atoms with van der Waals surface area (Å²) in [5.41, 5.74) is 14.2. The van der Waals surface area contributed by atoms with E-state index in [2.05, 4.69) is 213 Å². The van der Waals surface area contributed by atoms with E-state index in [1.54, 1.807) is 0 Å². The number of hydrogen-bond donors (Lipinski definition) is 0. The molecule has 51 heavy (non-hydrogen) atoms. The molecule has 0 N–H and O–H groups in total. The van der Waals surface area contributed by atoms with Crippen molar-refractivity contribution in [2.45, 2.75) is 0 Å². The molecule has 0 aliphatic rings. The van der Waals surface area contributed by atoms with Crippen LogP contribution >= 0.6 is 15.9 Å². The first-order valence-electron chi connectivity index (χ1n) is 17.3. The Hall–Kier alpha value is -6.16. The van der Waals surface area contributed by atoms with E-state index < -0.39 is 0 Å². The van der Waals surface area contributed by atoms with Gasteiger partial charge in [0.15, 0.2) is 0 Å². The molecule has 2 nitrogen and oxygen atoms in total. The lowest BCUT2D eigenvalue weighted by molar-refractivity contribution is 1.18. The summed E-state index contributed by atoms with van der Waals surface area (Å²) in [4.78, 5) is 0. The molecule has 0 saturated heterocycles. The SMILES string of the molecule is Brc1ccccc1-c1cccc(-c2cc(-n3c4ccccc4c4ccccc43)ccc2-c2cccc(-n3c4ccccc4c4ccccc43)c2)c1. The summed E-state index contributed by atoms with van der Waals surface area (Å²) in [5.74, 6) is 0. The van der Waals surface area contributed by atoms with Gasteiger partial charge in [0.1, 0.15) is 0 Å². The van der Waals surface area contributed by atoms with Crippen LogP contribution in [-0.2, 0) is 0 Å². The molecule has 0 aliphatic heterocycles. The van der Waals surface area contributed by atoms with Crippen LogP contribution in [-0.4, -0.2) is 9.13 Å². The van der Waals surface area contributed by atoms with Crippen molar-refractivity contribution in [2.24, 2.45) is 0 Å². The smallest absolute Gasteiger partial charge is 0.0541 e. The van der Waals surface area contributed by atoms with E-state index in [0.717, 1.165) is 15.8 Å². The maximum Gasteiger partial charge on any atom is 0.0541 e. The van der Waals surface area contributed by atoms with Gasteiger partial charge in [0.05, 0.1) is 22.1 Å². The fourth-order valence-corrected chi connectivity index (χ4v) is 8.44. The van der Waals surface area contributed by atoms with Gasteiger partial charge in [0.25, 0.3) is 0 Å². The number of nitrogens with zero attached hydrogens (tertiary/aromatic N) is 2. The topological polar surface area (TPSA) is 9.86 Å². The highest BCUT2D eigenvalue weighted by Gasteiger charge is 2.17. The van der Waals surface area contributed by atoms with E-state index in [1.807, 2.05) is 0 Å². The average molecular weight is 716 g/mol. The van der Waals surface area contributed by atoms with Crippen molar-refractivity contribution in [3.8, 4) is 44.8 Å². The largest absolute Gasteiger partial charge is 0.309 e. The maximum atomic E-state index is 3.80. The second-order valence-corrected chi connectivity index (χ2v) is 13.9. The van der Waals surface area contributed by atoms with Gasteiger partial charge < -0.3 is 9.13 Å². The molecule has 3 heteroatoms. The van der Waals surface area contributed by atoms with Gasteiger partial charge >= 0.3 is 0 Å². The van der Waals surface area contributed by atoms with Crippen molar-refractivity contribution >= 4 is 59.5 Å². The lowest BCUT2D eigenvalue weighted by Crippen LogP contribution is -1.97. The Labute approximate surface area is 304 Å². The molecule has 2 aromatic heterocycles. The highest BCUT2D eigenvalue weighted by molar-refractivity contribution is 9.10. The lowest BCUT2D eigenvalue weighted by atomic mass is 9.92. The van der Waals surface area contributed by atoms with Gasteiger partial charge in [-0.3, -0.25) is 0 Å². The summed E-state index contributed by atoms with van der Waals surface area (Å²) in [5, 5.41) is 5.04. The van der Waals surface area contributed by atoms with Crippen LogP contribution in [0.2, 0.25) is 0 Å². The number of aromatic nitrogens is 2. The number of halogens is 1. The summed E-state index contributed by atoms with van der Waals surface area (Å²) in [7, 11) is 0. The highest BCUT2D eigenvalue weighted by atomic mass is 79.9. The fourth-order valence-electron chi connectivity index (χ4n) is 7.93. The highest BCUT2D eigenvalue weighted by Crippen LogP contribution is 2.40. The van der Waals surface area contributed by atoms with E-state index >= 15 is 0 Å². The van der Waals surface area contributed by atoms with Crippen molar-refractivity contribution in [1.29, 1.82) is 0 Å². The zero-order valence-electron chi connectivity index (χ0n) is 27.7. The minimum Gasteiger partial charge on any atom is -0.309 e. The Morgan fingerprint density at radius 2 is 0.725 bits per heavy atom. The van der Waals surface area contributed by atoms with Gasteiger partial charge in [0, 0.05) is 37.4 Å². The summed E-state index contributed by atoms with van der Waals surface area (Å²) in [6, 6.07) is 68.2. The summed E-state index contributed by atoms with van der Waals surface area (Å²) >= 11 is 3.80. The second-order valence-electron chi connectivity index (χ2n) is 13.1. The van der Waals surface area contributed by atoms with E-state index in [0.29, 0.717) is 0 Å². The molecule has 0 spiro atoms. The van der Waals surface area contributed by atoms with Crippen LogP contribution in [0.25, 0.3) is 88.4 Å². The monoisotopic (exact) mass is 714 g/mol. The average Bonchev–Trinajstić information content (AvgIpc) is 3.71. The molecule has 2 heterocycles. The molecular formula is C48H31BrN2. The van der Waals surface area contributed by atoms with Crippen LogP contribution in [0.15, 0.2) is 193 Å². The first-order valence-corrected chi connectivity index (χ1v) is 18.1. The predicted octanol–water partition coefficient (Wildman–Crippen LogP) is 13.6. The van der Waals surface area contributed by atoms with Gasteiger partial charge in [-0.2, -0.15) is 0 Å². The van der Waals surface area contributed by atoms with Gasteiger partial charge in [-0.25, -0.2) is 0 Å². The fraction of sp³-hybridized carbons (Fsp3) is 0. The third-order valence-electron chi connectivity index (χ3n) is 10.2. The number of rotatable bonds is 5. The third kappa shape index (κ3) is 4.85. The number of para-hydroxylation sites is 4. The molecule has 0 saturated carbocycles. The molecule has 10 aromatic rings. The quantitative estimate of drug-likeness (QED) is 0.168. The van der Waals surface area contributed by atoms with E-state index in [9.17, 15) is 0 Å². The van der Waals surface area contributed by atoms with Crippen molar-refractivity contribution in [3.63, 3.8) is 0 Å². The van der Waals surface area contributed by atoms with Crippen molar-refractivity contribution < 1.29 is 0 Å². The van der Waals surface area contributed by atoms with Crippen LogP contribution in [0.5, 0.6) is 0 Å². The summed E-state index contributed by atoms with van der Waals surface area (Å²) < 4.78 is 5.89. The molecule has 0 atom stereocenters. The molecular weight excluding hydrogens is 684 g/mol.